The highest BCUT2D eigenvalue weighted by atomic mass is 79.9. The molecule has 3 rings (SSSR count). The molecule has 1 heterocycles. The summed E-state index contributed by atoms with van der Waals surface area (Å²) in [4.78, 5) is 2.72. The highest BCUT2D eigenvalue weighted by Crippen LogP contribution is 2.40. The van der Waals surface area contributed by atoms with Crippen molar-refractivity contribution in [2.75, 3.05) is 13.1 Å². The topological polar surface area (TPSA) is 15.3 Å². The summed E-state index contributed by atoms with van der Waals surface area (Å²) in [7, 11) is 0. The number of halogens is 1. The monoisotopic (exact) mass is 350 g/mol. The fourth-order valence-electron chi connectivity index (χ4n) is 3.96. The summed E-state index contributed by atoms with van der Waals surface area (Å²) >= 11 is 3.73. The number of fused-ring (bicyclic) bond motifs is 1. The van der Waals surface area contributed by atoms with Gasteiger partial charge in [-0.1, -0.05) is 34.5 Å². The number of rotatable bonds is 4. The molecule has 21 heavy (non-hydrogen) atoms. The minimum atomic E-state index is 0.598. The van der Waals surface area contributed by atoms with E-state index in [1.807, 2.05) is 0 Å². The first-order valence-corrected chi connectivity index (χ1v) is 9.22. The van der Waals surface area contributed by atoms with E-state index in [2.05, 4.69) is 58.2 Å². The van der Waals surface area contributed by atoms with Gasteiger partial charge in [0.05, 0.1) is 0 Å². The van der Waals surface area contributed by atoms with E-state index in [0.717, 1.165) is 0 Å². The average Bonchev–Trinajstić information content (AvgIpc) is 2.91. The highest BCUT2D eigenvalue weighted by Gasteiger charge is 2.31. The first-order valence-electron chi connectivity index (χ1n) is 8.43. The lowest BCUT2D eigenvalue weighted by Gasteiger charge is -2.37. The highest BCUT2D eigenvalue weighted by molar-refractivity contribution is 9.10. The molecule has 0 saturated carbocycles. The van der Waals surface area contributed by atoms with Crippen molar-refractivity contribution in [3.8, 4) is 0 Å². The summed E-state index contributed by atoms with van der Waals surface area (Å²) in [6.45, 7) is 7.08. The Morgan fingerprint density at radius 2 is 2.14 bits per heavy atom. The van der Waals surface area contributed by atoms with Crippen molar-refractivity contribution in [1.29, 1.82) is 0 Å². The third-order valence-corrected chi connectivity index (χ3v) is 5.83. The molecule has 0 bridgehead atoms. The number of hydrogen-bond donors (Lipinski definition) is 1. The Bertz CT molecular complexity index is 480. The molecule has 1 fully saturated rings. The maximum Gasteiger partial charge on any atom is 0.0357 e. The first kappa shape index (κ1) is 15.5. The van der Waals surface area contributed by atoms with Gasteiger partial charge in [-0.15, -0.1) is 0 Å². The Balaban J connectivity index is 1.78. The van der Waals surface area contributed by atoms with E-state index in [9.17, 15) is 0 Å². The van der Waals surface area contributed by atoms with Crippen LogP contribution in [0, 0.1) is 0 Å². The second-order valence-corrected chi connectivity index (χ2v) is 7.65. The van der Waals surface area contributed by atoms with Crippen LogP contribution in [0.5, 0.6) is 0 Å². The van der Waals surface area contributed by atoms with E-state index in [4.69, 9.17) is 0 Å². The summed E-state index contributed by atoms with van der Waals surface area (Å²) in [5, 5.41) is 3.71. The number of hydrogen-bond acceptors (Lipinski definition) is 2. The van der Waals surface area contributed by atoms with Crippen LogP contribution in [-0.2, 0) is 6.42 Å². The van der Waals surface area contributed by atoms with Crippen LogP contribution in [0.15, 0.2) is 22.7 Å². The van der Waals surface area contributed by atoms with E-state index in [-0.39, 0.29) is 0 Å². The van der Waals surface area contributed by atoms with Crippen LogP contribution in [0.2, 0.25) is 0 Å². The molecule has 0 amide bonds. The second-order valence-electron chi connectivity index (χ2n) is 6.80. The molecule has 1 saturated heterocycles. The third-order valence-electron chi connectivity index (χ3n) is 5.09. The molecule has 116 valence electrons. The molecule has 3 heteroatoms. The molecule has 2 nitrogen and oxygen atoms in total. The van der Waals surface area contributed by atoms with Crippen molar-refractivity contribution in [3.63, 3.8) is 0 Å². The van der Waals surface area contributed by atoms with Gasteiger partial charge in [-0.25, -0.2) is 0 Å². The lowest BCUT2D eigenvalue weighted by atomic mass is 10.0. The van der Waals surface area contributed by atoms with Crippen LogP contribution in [0.25, 0.3) is 0 Å². The summed E-state index contributed by atoms with van der Waals surface area (Å²) < 4.78 is 1.29. The molecule has 0 spiro atoms. The Hall–Kier alpha value is -0.380. The standard InChI is InChI=1S/C18H27BrN2/c1-13(2)21(12-14-6-3-4-11-20-14)18-10-9-15-16(18)7-5-8-17(15)19/h5,7-8,13-14,18,20H,3-4,6,9-12H2,1-2H3. The van der Waals surface area contributed by atoms with Crippen molar-refractivity contribution in [2.24, 2.45) is 0 Å². The van der Waals surface area contributed by atoms with Crippen LogP contribution in [0.1, 0.15) is 56.7 Å². The molecule has 2 atom stereocenters. The van der Waals surface area contributed by atoms with E-state index >= 15 is 0 Å². The van der Waals surface area contributed by atoms with Crippen LogP contribution < -0.4 is 5.32 Å². The van der Waals surface area contributed by atoms with E-state index in [0.29, 0.717) is 18.1 Å². The quantitative estimate of drug-likeness (QED) is 0.871. The first-order chi connectivity index (χ1) is 10.2. The fourth-order valence-corrected chi connectivity index (χ4v) is 4.54. The van der Waals surface area contributed by atoms with Crippen molar-refractivity contribution in [2.45, 2.75) is 64.1 Å². The zero-order chi connectivity index (χ0) is 14.8. The molecule has 1 aliphatic carbocycles. The van der Waals surface area contributed by atoms with Gasteiger partial charge in [0, 0.05) is 29.1 Å². The van der Waals surface area contributed by atoms with Crippen LogP contribution in [-0.4, -0.2) is 30.1 Å². The second kappa shape index (κ2) is 6.80. The predicted octanol–water partition coefficient (Wildman–Crippen LogP) is 4.29. The van der Waals surface area contributed by atoms with Gasteiger partial charge in [-0.3, -0.25) is 4.90 Å². The Labute approximate surface area is 137 Å². The lowest BCUT2D eigenvalue weighted by molar-refractivity contribution is 0.128. The van der Waals surface area contributed by atoms with Crippen molar-refractivity contribution in [3.05, 3.63) is 33.8 Å². The SMILES string of the molecule is CC(C)N(CC1CCCCN1)C1CCc2c(Br)cccc21. The van der Waals surface area contributed by atoms with Crippen LogP contribution >= 0.6 is 15.9 Å². The Morgan fingerprint density at radius 3 is 2.86 bits per heavy atom. The van der Waals surface area contributed by atoms with Gasteiger partial charge >= 0.3 is 0 Å². The molecule has 1 aromatic carbocycles. The summed E-state index contributed by atoms with van der Waals surface area (Å²) in [5.74, 6) is 0. The molecule has 1 aliphatic heterocycles. The maximum absolute atomic E-state index is 3.73. The molecule has 2 aliphatic rings. The van der Waals surface area contributed by atoms with E-state index in [1.54, 1.807) is 5.56 Å². The maximum atomic E-state index is 3.73. The summed E-state index contributed by atoms with van der Waals surface area (Å²) in [5.41, 5.74) is 3.08. The molecule has 1 aromatic rings. The zero-order valence-corrected chi connectivity index (χ0v) is 14.8. The predicted molar refractivity (Wildman–Crippen MR) is 92.7 cm³/mol. The number of nitrogens with one attached hydrogen (secondary N) is 1. The van der Waals surface area contributed by atoms with Crippen LogP contribution in [0.3, 0.4) is 0 Å². The van der Waals surface area contributed by atoms with Gasteiger partial charge in [0.1, 0.15) is 0 Å². The minimum absolute atomic E-state index is 0.598. The molecule has 0 radical (unpaired) electrons. The number of benzene rings is 1. The van der Waals surface area contributed by atoms with Gasteiger partial charge < -0.3 is 5.32 Å². The molecular weight excluding hydrogens is 324 g/mol. The van der Waals surface area contributed by atoms with E-state index in [1.165, 1.54) is 55.2 Å². The molecule has 1 N–H and O–H groups in total. The summed E-state index contributed by atoms with van der Waals surface area (Å²) in [6, 6.07) is 8.59. The van der Waals surface area contributed by atoms with Crippen molar-refractivity contribution < 1.29 is 0 Å². The van der Waals surface area contributed by atoms with Gasteiger partial charge in [-0.2, -0.15) is 0 Å². The normalized spacial score (nSPS) is 25.6. The lowest BCUT2D eigenvalue weighted by Crippen LogP contribution is -2.46. The third kappa shape index (κ3) is 3.35. The van der Waals surface area contributed by atoms with Gasteiger partial charge in [0.2, 0.25) is 0 Å². The minimum Gasteiger partial charge on any atom is -0.313 e. The Morgan fingerprint density at radius 1 is 1.29 bits per heavy atom. The molecule has 0 aromatic heterocycles. The van der Waals surface area contributed by atoms with Crippen molar-refractivity contribution in [1.82, 2.24) is 10.2 Å². The smallest absolute Gasteiger partial charge is 0.0357 e. The Kier molecular flexibility index (Phi) is 5.03. The van der Waals surface area contributed by atoms with E-state index < -0.39 is 0 Å². The van der Waals surface area contributed by atoms with Gasteiger partial charge in [0.15, 0.2) is 0 Å². The largest absolute Gasteiger partial charge is 0.313 e. The zero-order valence-electron chi connectivity index (χ0n) is 13.2. The van der Waals surface area contributed by atoms with Crippen LogP contribution in [0.4, 0.5) is 0 Å². The fraction of sp³-hybridized carbons (Fsp3) is 0.667. The van der Waals surface area contributed by atoms with Gasteiger partial charge in [0.25, 0.3) is 0 Å². The molecular formula is C18H27BrN2. The molecule has 2 unspecified atom stereocenters. The average molecular weight is 351 g/mol. The van der Waals surface area contributed by atoms with Gasteiger partial charge in [-0.05, 0) is 63.3 Å². The van der Waals surface area contributed by atoms with Crippen molar-refractivity contribution >= 4 is 15.9 Å². The summed E-state index contributed by atoms with van der Waals surface area (Å²) in [6.07, 6.45) is 6.54. The number of piperidine rings is 1. The number of nitrogens with zero attached hydrogens (tertiary/aromatic N) is 1.